The summed E-state index contributed by atoms with van der Waals surface area (Å²) in [7, 11) is -3.69. The maximum atomic E-state index is 13.1. The lowest BCUT2D eigenvalue weighted by atomic mass is 10.2. The third kappa shape index (κ3) is 4.40. The number of hydrogen-bond donors (Lipinski definition) is 2. The second-order valence-electron chi connectivity index (χ2n) is 7.77. The average Bonchev–Trinajstić information content (AvgIpc) is 3.14. The highest BCUT2D eigenvalue weighted by Crippen LogP contribution is 2.25. The molecule has 4 rings (SSSR count). The van der Waals surface area contributed by atoms with Crippen molar-refractivity contribution in [2.45, 2.75) is 31.4 Å². The van der Waals surface area contributed by atoms with Crippen LogP contribution in [0.5, 0.6) is 0 Å². The SMILES string of the molecule is Cc1ccc(NC(=O)Cn2c([C@H](C)O)nc3ccccc32)cc1S(=O)(=O)N1CCOCC1. The van der Waals surface area contributed by atoms with Gasteiger partial charge in [0, 0.05) is 18.8 Å². The highest BCUT2D eigenvalue weighted by Gasteiger charge is 2.28. The molecule has 32 heavy (non-hydrogen) atoms. The van der Waals surface area contributed by atoms with E-state index in [-0.39, 0.29) is 17.3 Å². The van der Waals surface area contributed by atoms with Crippen molar-refractivity contribution in [2.24, 2.45) is 0 Å². The van der Waals surface area contributed by atoms with Crippen molar-refractivity contribution in [1.82, 2.24) is 13.9 Å². The summed E-state index contributed by atoms with van der Waals surface area (Å²) in [6.07, 6.45) is -0.847. The minimum Gasteiger partial charge on any atom is -0.385 e. The van der Waals surface area contributed by atoms with E-state index in [0.29, 0.717) is 48.9 Å². The highest BCUT2D eigenvalue weighted by atomic mass is 32.2. The molecule has 0 spiro atoms. The quantitative estimate of drug-likeness (QED) is 0.585. The Bertz CT molecular complexity index is 1250. The Balaban J connectivity index is 1.58. The Morgan fingerprint density at radius 3 is 2.66 bits per heavy atom. The first kappa shape index (κ1) is 22.4. The Labute approximate surface area is 186 Å². The summed E-state index contributed by atoms with van der Waals surface area (Å²) >= 11 is 0. The van der Waals surface area contributed by atoms with Crippen LogP contribution in [-0.4, -0.2) is 59.6 Å². The molecule has 170 valence electrons. The molecule has 1 fully saturated rings. The van der Waals surface area contributed by atoms with Crippen molar-refractivity contribution in [1.29, 1.82) is 0 Å². The zero-order valence-corrected chi connectivity index (χ0v) is 18.8. The third-order valence-corrected chi connectivity index (χ3v) is 7.46. The highest BCUT2D eigenvalue weighted by molar-refractivity contribution is 7.89. The minimum atomic E-state index is -3.69. The molecule has 2 aromatic carbocycles. The molecule has 2 N–H and O–H groups in total. The van der Waals surface area contributed by atoms with Crippen LogP contribution in [0.2, 0.25) is 0 Å². The molecular formula is C22H26N4O5S. The number of aromatic nitrogens is 2. The van der Waals surface area contributed by atoms with Gasteiger partial charge in [-0.05, 0) is 43.7 Å². The summed E-state index contributed by atoms with van der Waals surface area (Å²) in [5.41, 5.74) is 2.41. The van der Waals surface area contributed by atoms with Crippen molar-refractivity contribution >= 4 is 32.7 Å². The first-order valence-electron chi connectivity index (χ1n) is 10.4. The molecule has 0 unspecified atom stereocenters. The predicted octanol–water partition coefficient (Wildman–Crippen LogP) is 2.06. The number of benzene rings is 2. The minimum absolute atomic E-state index is 0.0693. The number of anilines is 1. The van der Waals surface area contributed by atoms with Gasteiger partial charge in [0.25, 0.3) is 0 Å². The summed E-state index contributed by atoms with van der Waals surface area (Å²) in [6.45, 7) is 4.57. The number of carbonyl (C=O) groups is 1. The number of aliphatic hydroxyl groups excluding tert-OH is 1. The molecule has 1 aliphatic heterocycles. The summed E-state index contributed by atoms with van der Waals surface area (Å²) < 4.78 is 34.5. The number of para-hydroxylation sites is 2. The van der Waals surface area contributed by atoms with Gasteiger partial charge in [0.1, 0.15) is 18.5 Å². The number of carbonyl (C=O) groups excluding carboxylic acids is 1. The smallest absolute Gasteiger partial charge is 0.244 e. The van der Waals surface area contributed by atoms with Crippen molar-refractivity contribution in [3.05, 3.63) is 53.9 Å². The fourth-order valence-electron chi connectivity index (χ4n) is 3.81. The van der Waals surface area contributed by atoms with Crippen LogP contribution in [0.1, 0.15) is 24.4 Å². The number of aliphatic hydroxyl groups is 1. The third-order valence-electron chi connectivity index (χ3n) is 5.42. The topological polar surface area (TPSA) is 114 Å². The molecule has 0 bridgehead atoms. The molecule has 10 heteroatoms. The number of morpholine rings is 1. The summed E-state index contributed by atoms with van der Waals surface area (Å²) in [4.78, 5) is 17.4. The van der Waals surface area contributed by atoms with Crippen LogP contribution in [0.25, 0.3) is 11.0 Å². The monoisotopic (exact) mass is 458 g/mol. The molecule has 1 atom stereocenters. The zero-order valence-electron chi connectivity index (χ0n) is 18.0. The lowest BCUT2D eigenvalue weighted by molar-refractivity contribution is -0.116. The number of hydrogen-bond acceptors (Lipinski definition) is 6. The summed E-state index contributed by atoms with van der Waals surface area (Å²) in [5, 5.41) is 12.9. The molecule has 0 radical (unpaired) electrons. The van der Waals surface area contributed by atoms with Gasteiger partial charge in [-0.3, -0.25) is 4.79 Å². The summed E-state index contributed by atoms with van der Waals surface area (Å²) in [5.74, 6) is 0.0365. The van der Waals surface area contributed by atoms with E-state index in [2.05, 4.69) is 10.3 Å². The fraction of sp³-hybridized carbons (Fsp3) is 0.364. The lowest BCUT2D eigenvalue weighted by Gasteiger charge is -2.26. The van der Waals surface area contributed by atoms with Gasteiger partial charge >= 0.3 is 0 Å². The Hall–Kier alpha value is -2.79. The van der Waals surface area contributed by atoms with E-state index in [1.54, 1.807) is 30.5 Å². The predicted molar refractivity (Wildman–Crippen MR) is 120 cm³/mol. The largest absolute Gasteiger partial charge is 0.385 e. The number of rotatable bonds is 6. The maximum absolute atomic E-state index is 13.1. The van der Waals surface area contributed by atoms with Gasteiger partial charge in [-0.25, -0.2) is 13.4 Å². The van der Waals surface area contributed by atoms with Gasteiger partial charge in [0.05, 0.1) is 29.1 Å². The van der Waals surface area contributed by atoms with E-state index in [1.807, 2.05) is 24.3 Å². The van der Waals surface area contributed by atoms with Crippen molar-refractivity contribution in [3.8, 4) is 0 Å². The number of aryl methyl sites for hydroxylation is 1. The first-order valence-corrected chi connectivity index (χ1v) is 11.8. The Kier molecular flexibility index (Phi) is 6.29. The van der Waals surface area contributed by atoms with Crippen LogP contribution >= 0.6 is 0 Å². The number of nitrogens with zero attached hydrogens (tertiary/aromatic N) is 3. The molecule has 2 heterocycles. The van der Waals surface area contributed by atoms with Crippen LogP contribution in [0, 0.1) is 6.92 Å². The van der Waals surface area contributed by atoms with Crippen molar-refractivity contribution < 1.29 is 23.1 Å². The molecule has 1 saturated heterocycles. The second kappa shape index (κ2) is 8.99. The van der Waals surface area contributed by atoms with Crippen LogP contribution < -0.4 is 5.32 Å². The van der Waals surface area contributed by atoms with Gasteiger partial charge in [0.2, 0.25) is 15.9 Å². The number of amides is 1. The van der Waals surface area contributed by atoms with Crippen LogP contribution in [0.3, 0.4) is 0 Å². The molecule has 9 nitrogen and oxygen atoms in total. The van der Waals surface area contributed by atoms with E-state index in [4.69, 9.17) is 4.74 Å². The van der Waals surface area contributed by atoms with Gasteiger partial charge < -0.3 is 19.7 Å². The van der Waals surface area contributed by atoms with Crippen LogP contribution in [0.4, 0.5) is 5.69 Å². The van der Waals surface area contributed by atoms with Crippen LogP contribution in [-0.2, 0) is 26.1 Å². The molecule has 1 aliphatic rings. The molecule has 1 amide bonds. The number of imidazole rings is 1. The first-order chi connectivity index (χ1) is 15.3. The fourth-order valence-corrected chi connectivity index (χ4v) is 5.46. The average molecular weight is 459 g/mol. The standard InChI is InChI=1S/C22H26N4O5S/c1-15-7-8-17(13-20(15)32(29,30)25-9-11-31-12-10-25)23-21(28)14-26-19-6-4-3-5-18(19)24-22(26)16(2)27/h3-8,13,16,27H,9-12,14H2,1-2H3,(H,23,28)/t16-/m0/s1. The lowest BCUT2D eigenvalue weighted by Crippen LogP contribution is -2.40. The van der Waals surface area contributed by atoms with Crippen molar-refractivity contribution in [2.75, 3.05) is 31.6 Å². The summed E-state index contributed by atoms with van der Waals surface area (Å²) in [6, 6.07) is 12.2. The van der Waals surface area contributed by atoms with Crippen LogP contribution in [0.15, 0.2) is 47.4 Å². The number of fused-ring (bicyclic) bond motifs is 1. The molecule has 1 aromatic heterocycles. The van der Waals surface area contributed by atoms with E-state index in [1.165, 1.54) is 10.4 Å². The normalized spacial score (nSPS) is 16.2. The van der Waals surface area contributed by atoms with E-state index < -0.39 is 16.1 Å². The number of nitrogens with one attached hydrogen (secondary N) is 1. The molecule has 0 saturated carbocycles. The zero-order chi connectivity index (χ0) is 22.9. The van der Waals surface area contributed by atoms with Gasteiger partial charge in [-0.1, -0.05) is 18.2 Å². The Morgan fingerprint density at radius 2 is 1.94 bits per heavy atom. The van der Waals surface area contributed by atoms with Gasteiger partial charge in [-0.15, -0.1) is 0 Å². The molecule has 0 aliphatic carbocycles. The van der Waals surface area contributed by atoms with Gasteiger partial charge in [0.15, 0.2) is 0 Å². The number of ether oxygens (including phenoxy) is 1. The van der Waals surface area contributed by atoms with Gasteiger partial charge in [-0.2, -0.15) is 4.31 Å². The maximum Gasteiger partial charge on any atom is 0.244 e. The second-order valence-corrected chi connectivity index (χ2v) is 9.67. The Morgan fingerprint density at radius 1 is 1.22 bits per heavy atom. The van der Waals surface area contributed by atoms with E-state index in [9.17, 15) is 18.3 Å². The van der Waals surface area contributed by atoms with E-state index >= 15 is 0 Å². The van der Waals surface area contributed by atoms with Crippen molar-refractivity contribution in [3.63, 3.8) is 0 Å². The van der Waals surface area contributed by atoms with E-state index in [0.717, 1.165) is 5.52 Å². The number of sulfonamides is 1. The molecule has 3 aromatic rings. The molecular weight excluding hydrogens is 432 g/mol.